The van der Waals surface area contributed by atoms with Crippen LogP contribution in [0, 0.1) is 10.1 Å². The summed E-state index contributed by atoms with van der Waals surface area (Å²) in [5.74, 6) is 0. The number of nitro groups is 1. The van der Waals surface area contributed by atoms with Crippen LogP contribution in [0.3, 0.4) is 0 Å². The van der Waals surface area contributed by atoms with Gasteiger partial charge < -0.3 is 26.7 Å². The van der Waals surface area contributed by atoms with Gasteiger partial charge in [-0.3, -0.25) is 14.9 Å². The molecule has 0 saturated carbocycles. The molecule has 12 heteroatoms. The van der Waals surface area contributed by atoms with Crippen LogP contribution in [-0.2, 0) is 0 Å². The van der Waals surface area contributed by atoms with Gasteiger partial charge in [0.2, 0.25) is 0 Å². The maximum atomic E-state index is 13.1. The summed E-state index contributed by atoms with van der Waals surface area (Å²) in [7, 11) is 0. The van der Waals surface area contributed by atoms with E-state index in [4.69, 9.17) is 5.73 Å². The molecule has 3 rings (SSSR count). The molecular weight excluding hydrogens is 491 g/mol. The molecule has 0 bridgehead atoms. The second-order valence-corrected chi connectivity index (χ2v) is 7.06. The highest BCUT2D eigenvalue weighted by Gasteiger charge is 2.19. The van der Waals surface area contributed by atoms with Crippen LogP contribution in [0.2, 0.25) is 0 Å². The Labute approximate surface area is 210 Å². The number of anilines is 1. The monoisotopic (exact) mass is 520 g/mol. The number of nitrogens with zero attached hydrogens (tertiary/aromatic N) is 1. The summed E-state index contributed by atoms with van der Waals surface area (Å²) in [5.41, 5.74) is 6.56. The van der Waals surface area contributed by atoms with Crippen molar-refractivity contribution in [1.29, 1.82) is 0 Å². The molecule has 0 amide bonds. The molecule has 1 heterocycles. The summed E-state index contributed by atoms with van der Waals surface area (Å²) < 4.78 is 0. The number of benzene rings is 2. The Morgan fingerprint density at radius 1 is 0.909 bits per heavy atom. The van der Waals surface area contributed by atoms with E-state index in [1.807, 2.05) is 0 Å². The van der Waals surface area contributed by atoms with E-state index in [2.05, 4.69) is 20.9 Å². The Morgan fingerprint density at radius 2 is 1.58 bits per heavy atom. The normalized spacial score (nSPS) is 10.2. The number of non-ortho nitro benzene ring substituents is 1. The Hall–Kier alpha value is -2.14. The number of pyridine rings is 1. The SMILES string of the molecule is Cl.Cl.Cl.NCCCNCCNCCCNc1ccc([N+](=O)[O-])c2[nH]c3ccccc3c(=O)c12. The molecule has 0 aliphatic carbocycles. The Bertz CT molecular complexity index is 1080. The van der Waals surface area contributed by atoms with Crippen LogP contribution >= 0.6 is 37.2 Å². The summed E-state index contributed by atoms with van der Waals surface area (Å²) in [5, 5.41) is 22.2. The lowest BCUT2D eigenvalue weighted by Crippen LogP contribution is -2.29. The van der Waals surface area contributed by atoms with Gasteiger partial charge in [0, 0.05) is 42.3 Å². The van der Waals surface area contributed by atoms with Crippen molar-refractivity contribution in [3.63, 3.8) is 0 Å². The minimum absolute atomic E-state index is 0. The number of nitrogens with one attached hydrogen (secondary N) is 4. The van der Waals surface area contributed by atoms with Crippen LogP contribution in [0.1, 0.15) is 12.8 Å². The van der Waals surface area contributed by atoms with Gasteiger partial charge in [0.05, 0.1) is 10.3 Å². The lowest BCUT2D eigenvalue weighted by molar-refractivity contribution is -0.383. The highest BCUT2D eigenvalue weighted by molar-refractivity contribution is 6.03. The minimum Gasteiger partial charge on any atom is -0.384 e. The molecule has 3 aromatic rings. The van der Waals surface area contributed by atoms with Gasteiger partial charge in [-0.05, 0) is 50.7 Å². The van der Waals surface area contributed by atoms with Crippen LogP contribution in [0.5, 0.6) is 0 Å². The smallest absolute Gasteiger partial charge is 0.293 e. The van der Waals surface area contributed by atoms with Crippen LogP contribution in [0.25, 0.3) is 21.8 Å². The molecule has 33 heavy (non-hydrogen) atoms. The van der Waals surface area contributed by atoms with E-state index in [-0.39, 0.29) is 53.9 Å². The van der Waals surface area contributed by atoms with Crippen LogP contribution < -0.4 is 27.1 Å². The maximum Gasteiger partial charge on any atom is 0.293 e. The van der Waals surface area contributed by atoms with E-state index >= 15 is 0 Å². The van der Waals surface area contributed by atoms with Crippen molar-refractivity contribution in [1.82, 2.24) is 15.6 Å². The average molecular weight is 522 g/mol. The number of nitro benzene ring substituents is 1. The zero-order chi connectivity index (χ0) is 21.3. The standard InChI is InChI=1S/C21H28N6O3.3ClH/c22-9-3-10-23-13-14-24-11-4-12-25-17-7-8-18(27(29)30)20-19(17)21(28)15-5-1-2-6-16(15)26-20;;;/h1-2,5-8,23-25H,3-4,9-14,22H2,(H,26,28);3*1H. The summed E-state index contributed by atoms with van der Waals surface area (Å²) in [4.78, 5) is 27.1. The number of para-hydroxylation sites is 1. The van der Waals surface area contributed by atoms with Crippen molar-refractivity contribution in [3.05, 3.63) is 56.7 Å². The van der Waals surface area contributed by atoms with E-state index in [9.17, 15) is 14.9 Å². The first-order valence-corrected chi connectivity index (χ1v) is 10.2. The van der Waals surface area contributed by atoms with Gasteiger partial charge in [0.25, 0.3) is 5.69 Å². The molecule has 1 aromatic heterocycles. The van der Waals surface area contributed by atoms with Gasteiger partial charge in [-0.25, -0.2) is 0 Å². The third-order valence-electron chi connectivity index (χ3n) is 4.92. The Kier molecular flexibility index (Phi) is 14.6. The fraction of sp³-hybridized carbons (Fsp3) is 0.381. The number of H-pyrrole nitrogens is 1. The van der Waals surface area contributed by atoms with Crippen LogP contribution in [0.4, 0.5) is 11.4 Å². The van der Waals surface area contributed by atoms with Gasteiger partial charge >= 0.3 is 0 Å². The summed E-state index contributed by atoms with van der Waals surface area (Å²) in [6.45, 7) is 4.86. The highest BCUT2D eigenvalue weighted by atomic mass is 35.5. The highest BCUT2D eigenvalue weighted by Crippen LogP contribution is 2.29. The quantitative estimate of drug-likeness (QED) is 0.107. The topological polar surface area (TPSA) is 138 Å². The molecule has 2 aromatic carbocycles. The van der Waals surface area contributed by atoms with Crippen LogP contribution in [-0.4, -0.2) is 49.2 Å². The van der Waals surface area contributed by atoms with E-state index in [0.29, 0.717) is 35.1 Å². The molecule has 0 atom stereocenters. The molecule has 0 aliphatic heterocycles. The number of rotatable bonds is 12. The molecule has 0 unspecified atom stereocenters. The molecule has 184 valence electrons. The summed E-state index contributed by atoms with van der Waals surface area (Å²) in [6, 6.07) is 10.1. The zero-order valence-corrected chi connectivity index (χ0v) is 20.5. The second-order valence-electron chi connectivity index (χ2n) is 7.06. The predicted molar refractivity (Wildman–Crippen MR) is 143 cm³/mol. The number of aromatic amines is 1. The largest absolute Gasteiger partial charge is 0.384 e. The van der Waals surface area contributed by atoms with Crippen molar-refractivity contribution in [2.45, 2.75) is 12.8 Å². The van der Waals surface area contributed by atoms with Crippen molar-refractivity contribution in [2.75, 3.05) is 44.6 Å². The third-order valence-corrected chi connectivity index (χ3v) is 4.92. The van der Waals surface area contributed by atoms with Crippen LogP contribution in [0.15, 0.2) is 41.2 Å². The van der Waals surface area contributed by atoms with Gasteiger partial charge in [-0.1, -0.05) is 12.1 Å². The summed E-state index contributed by atoms with van der Waals surface area (Å²) in [6.07, 6.45) is 1.83. The molecule has 0 spiro atoms. The van der Waals surface area contributed by atoms with Crippen molar-refractivity contribution >= 4 is 70.4 Å². The van der Waals surface area contributed by atoms with Crippen molar-refractivity contribution in [3.8, 4) is 0 Å². The molecule has 0 aliphatic rings. The molecule has 6 N–H and O–H groups in total. The van der Waals surface area contributed by atoms with E-state index in [1.54, 1.807) is 30.3 Å². The molecular formula is C21H31Cl3N6O3. The van der Waals surface area contributed by atoms with Crippen molar-refractivity contribution < 1.29 is 4.92 Å². The third kappa shape index (κ3) is 7.99. The number of fused-ring (bicyclic) bond motifs is 2. The molecule has 0 radical (unpaired) electrons. The number of hydrogen-bond donors (Lipinski definition) is 5. The average Bonchev–Trinajstić information content (AvgIpc) is 2.75. The number of halogens is 3. The van der Waals surface area contributed by atoms with Gasteiger partial charge in [0.15, 0.2) is 5.43 Å². The van der Waals surface area contributed by atoms with Gasteiger partial charge in [-0.15, -0.1) is 37.2 Å². The predicted octanol–water partition coefficient (Wildman–Crippen LogP) is 3.18. The lowest BCUT2D eigenvalue weighted by Gasteiger charge is -2.11. The first-order valence-electron chi connectivity index (χ1n) is 10.2. The summed E-state index contributed by atoms with van der Waals surface area (Å²) >= 11 is 0. The fourth-order valence-electron chi connectivity index (χ4n) is 3.40. The minimum atomic E-state index is -0.470. The van der Waals surface area contributed by atoms with Gasteiger partial charge in [0.1, 0.15) is 5.52 Å². The zero-order valence-electron chi connectivity index (χ0n) is 18.1. The van der Waals surface area contributed by atoms with E-state index in [0.717, 1.165) is 39.0 Å². The number of nitrogens with two attached hydrogens (primary N) is 1. The second kappa shape index (κ2) is 15.7. The maximum absolute atomic E-state index is 13.1. The fourth-order valence-corrected chi connectivity index (χ4v) is 3.40. The van der Waals surface area contributed by atoms with E-state index < -0.39 is 4.92 Å². The van der Waals surface area contributed by atoms with E-state index in [1.165, 1.54) is 6.07 Å². The Morgan fingerprint density at radius 3 is 2.24 bits per heavy atom. The first-order chi connectivity index (χ1) is 14.6. The Balaban J connectivity index is 0.00000341. The van der Waals surface area contributed by atoms with Crippen molar-refractivity contribution in [2.24, 2.45) is 5.73 Å². The number of aromatic nitrogens is 1. The first kappa shape index (κ1) is 30.9. The molecule has 0 fully saturated rings. The molecule has 9 nitrogen and oxygen atoms in total. The lowest BCUT2D eigenvalue weighted by atomic mass is 10.1. The number of hydrogen-bond acceptors (Lipinski definition) is 7. The molecule has 0 saturated heterocycles. The van der Waals surface area contributed by atoms with Gasteiger partial charge in [-0.2, -0.15) is 0 Å².